The molecule has 0 radical (unpaired) electrons. The first kappa shape index (κ1) is 10.1. The van der Waals surface area contributed by atoms with E-state index in [-0.39, 0.29) is 5.91 Å². The number of hydrogen-bond donors (Lipinski definition) is 1. The summed E-state index contributed by atoms with van der Waals surface area (Å²) in [6.45, 7) is 3.32. The SMILES string of the molecule is CC(C)(Cl)C(=O)Nc1ccccc1. The fraction of sp³-hybridized carbons (Fsp3) is 0.300. The van der Waals surface area contributed by atoms with Gasteiger partial charge in [-0.2, -0.15) is 0 Å². The Balaban J connectivity index is 2.66. The average Bonchev–Trinajstić information content (AvgIpc) is 2.04. The number of benzene rings is 1. The minimum Gasteiger partial charge on any atom is -0.325 e. The molecule has 1 N–H and O–H groups in total. The predicted molar refractivity (Wildman–Crippen MR) is 55.0 cm³/mol. The zero-order chi connectivity index (χ0) is 9.90. The molecule has 3 heteroatoms. The Labute approximate surface area is 82.9 Å². The summed E-state index contributed by atoms with van der Waals surface area (Å²) in [5, 5.41) is 2.71. The second-order valence-corrected chi connectivity index (χ2v) is 4.24. The summed E-state index contributed by atoms with van der Waals surface area (Å²) in [6, 6.07) is 9.25. The van der Waals surface area contributed by atoms with Crippen molar-refractivity contribution in [2.24, 2.45) is 0 Å². The Hall–Kier alpha value is -1.02. The van der Waals surface area contributed by atoms with E-state index < -0.39 is 4.87 Å². The number of halogens is 1. The maximum Gasteiger partial charge on any atom is 0.244 e. The topological polar surface area (TPSA) is 29.1 Å². The van der Waals surface area contributed by atoms with Gasteiger partial charge in [-0.15, -0.1) is 11.6 Å². The fourth-order valence-electron chi connectivity index (χ4n) is 0.801. The van der Waals surface area contributed by atoms with Gasteiger partial charge in [0.1, 0.15) is 4.87 Å². The van der Waals surface area contributed by atoms with Crippen molar-refractivity contribution in [3.05, 3.63) is 30.3 Å². The van der Waals surface area contributed by atoms with E-state index in [1.165, 1.54) is 0 Å². The van der Waals surface area contributed by atoms with E-state index in [1.807, 2.05) is 30.3 Å². The standard InChI is InChI=1S/C10H12ClNO/c1-10(2,11)9(13)12-8-6-4-3-5-7-8/h3-7H,1-2H3,(H,12,13). The van der Waals surface area contributed by atoms with Crippen LogP contribution in [0.5, 0.6) is 0 Å². The summed E-state index contributed by atoms with van der Waals surface area (Å²) in [6.07, 6.45) is 0. The van der Waals surface area contributed by atoms with E-state index in [2.05, 4.69) is 5.32 Å². The summed E-state index contributed by atoms with van der Waals surface area (Å²) in [4.78, 5) is 10.5. The van der Waals surface area contributed by atoms with Gasteiger partial charge in [0.05, 0.1) is 0 Å². The molecule has 0 spiro atoms. The monoisotopic (exact) mass is 197 g/mol. The Kier molecular flexibility index (Phi) is 2.94. The fourth-order valence-corrected chi connectivity index (χ4v) is 0.848. The van der Waals surface area contributed by atoms with E-state index in [9.17, 15) is 4.79 Å². The highest BCUT2D eigenvalue weighted by Gasteiger charge is 2.23. The summed E-state index contributed by atoms with van der Waals surface area (Å²) < 4.78 is 0. The zero-order valence-electron chi connectivity index (χ0n) is 7.67. The third kappa shape index (κ3) is 3.07. The van der Waals surface area contributed by atoms with Gasteiger partial charge in [0, 0.05) is 5.69 Å². The molecule has 0 aliphatic rings. The number of carbonyl (C=O) groups is 1. The van der Waals surface area contributed by atoms with Crippen LogP contribution in [-0.4, -0.2) is 10.8 Å². The smallest absolute Gasteiger partial charge is 0.244 e. The highest BCUT2D eigenvalue weighted by Crippen LogP contribution is 2.16. The van der Waals surface area contributed by atoms with E-state index in [0.29, 0.717) is 0 Å². The number of hydrogen-bond acceptors (Lipinski definition) is 1. The first-order valence-corrected chi connectivity index (χ1v) is 4.43. The Morgan fingerprint density at radius 2 is 1.85 bits per heavy atom. The van der Waals surface area contributed by atoms with Gasteiger partial charge in [0.2, 0.25) is 5.91 Å². The molecule has 0 unspecified atom stereocenters. The number of anilines is 1. The molecule has 0 bridgehead atoms. The molecule has 1 rings (SSSR count). The Bertz CT molecular complexity index is 290. The highest BCUT2D eigenvalue weighted by molar-refractivity contribution is 6.35. The minimum atomic E-state index is -0.865. The molecule has 0 aliphatic heterocycles. The first-order chi connectivity index (χ1) is 6.00. The molecule has 1 aromatic rings. The molecule has 0 aromatic heterocycles. The zero-order valence-corrected chi connectivity index (χ0v) is 8.43. The van der Waals surface area contributed by atoms with Crippen molar-refractivity contribution in [2.45, 2.75) is 18.7 Å². The molecule has 70 valence electrons. The third-order valence-corrected chi connectivity index (χ3v) is 1.74. The summed E-state index contributed by atoms with van der Waals surface area (Å²) >= 11 is 5.82. The Morgan fingerprint density at radius 3 is 2.31 bits per heavy atom. The number of rotatable bonds is 2. The normalized spacial score (nSPS) is 11.0. The minimum absolute atomic E-state index is 0.194. The van der Waals surface area contributed by atoms with Crippen LogP contribution in [0.2, 0.25) is 0 Å². The van der Waals surface area contributed by atoms with Crippen molar-refractivity contribution in [2.75, 3.05) is 5.32 Å². The van der Waals surface area contributed by atoms with Crippen molar-refractivity contribution in [1.82, 2.24) is 0 Å². The molecule has 13 heavy (non-hydrogen) atoms. The Morgan fingerprint density at radius 1 is 1.31 bits per heavy atom. The van der Waals surface area contributed by atoms with Gasteiger partial charge in [-0.25, -0.2) is 0 Å². The van der Waals surface area contributed by atoms with Crippen molar-refractivity contribution in [1.29, 1.82) is 0 Å². The number of amides is 1. The molecule has 0 aliphatic carbocycles. The van der Waals surface area contributed by atoms with Gasteiger partial charge < -0.3 is 5.32 Å². The number of nitrogens with one attached hydrogen (secondary N) is 1. The van der Waals surface area contributed by atoms with Gasteiger partial charge >= 0.3 is 0 Å². The van der Waals surface area contributed by atoms with Crippen LogP contribution < -0.4 is 5.32 Å². The molecule has 1 aromatic carbocycles. The molecule has 0 saturated heterocycles. The second-order valence-electron chi connectivity index (χ2n) is 3.29. The molecule has 0 atom stereocenters. The van der Waals surface area contributed by atoms with Crippen LogP contribution in [0.25, 0.3) is 0 Å². The molecular formula is C10H12ClNO. The second kappa shape index (κ2) is 3.79. The van der Waals surface area contributed by atoms with Gasteiger partial charge in [-0.05, 0) is 26.0 Å². The molecule has 2 nitrogen and oxygen atoms in total. The summed E-state index contributed by atoms with van der Waals surface area (Å²) in [7, 11) is 0. The van der Waals surface area contributed by atoms with E-state index >= 15 is 0 Å². The summed E-state index contributed by atoms with van der Waals surface area (Å²) in [5.41, 5.74) is 0.765. The first-order valence-electron chi connectivity index (χ1n) is 4.05. The van der Waals surface area contributed by atoms with Gasteiger partial charge in [-0.3, -0.25) is 4.79 Å². The maximum atomic E-state index is 11.4. The van der Waals surface area contributed by atoms with Crippen molar-refractivity contribution < 1.29 is 4.79 Å². The van der Waals surface area contributed by atoms with E-state index in [4.69, 9.17) is 11.6 Å². The van der Waals surface area contributed by atoms with Crippen LogP contribution in [0.15, 0.2) is 30.3 Å². The third-order valence-electron chi connectivity index (χ3n) is 1.57. The maximum absolute atomic E-state index is 11.4. The molecule has 0 fully saturated rings. The van der Waals surface area contributed by atoms with Crippen LogP contribution in [0.1, 0.15) is 13.8 Å². The van der Waals surface area contributed by atoms with Crippen molar-refractivity contribution in [3.8, 4) is 0 Å². The highest BCUT2D eigenvalue weighted by atomic mass is 35.5. The van der Waals surface area contributed by atoms with Crippen LogP contribution in [0.3, 0.4) is 0 Å². The van der Waals surface area contributed by atoms with Crippen LogP contribution in [-0.2, 0) is 4.79 Å². The lowest BCUT2D eigenvalue weighted by Gasteiger charge is -2.15. The molecule has 1 amide bonds. The van der Waals surface area contributed by atoms with Gasteiger partial charge in [0.25, 0.3) is 0 Å². The van der Waals surface area contributed by atoms with Crippen LogP contribution >= 0.6 is 11.6 Å². The van der Waals surface area contributed by atoms with E-state index in [0.717, 1.165) is 5.69 Å². The molecular weight excluding hydrogens is 186 g/mol. The summed E-state index contributed by atoms with van der Waals surface area (Å²) in [5.74, 6) is -0.194. The molecule has 0 saturated carbocycles. The van der Waals surface area contributed by atoms with Crippen molar-refractivity contribution in [3.63, 3.8) is 0 Å². The van der Waals surface area contributed by atoms with Crippen LogP contribution in [0, 0.1) is 0 Å². The van der Waals surface area contributed by atoms with Gasteiger partial charge in [0.15, 0.2) is 0 Å². The van der Waals surface area contributed by atoms with E-state index in [1.54, 1.807) is 13.8 Å². The lowest BCUT2D eigenvalue weighted by Crippen LogP contribution is -2.31. The number of alkyl halides is 1. The average molecular weight is 198 g/mol. The lowest BCUT2D eigenvalue weighted by molar-refractivity contribution is -0.117. The number of carbonyl (C=O) groups excluding carboxylic acids is 1. The lowest BCUT2D eigenvalue weighted by atomic mass is 10.2. The van der Waals surface area contributed by atoms with Crippen LogP contribution in [0.4, 0.5) is 5.69 Å². The largest absolute Gasteiger partial charge is 0.325 e. The predicted octanol–water partition coefficient (Wildman–Crippen LogP) is 2.64. The number of para-hydroxylation sites is 1. The van der Waals surface area contributed by atoms with Crippen molar-refractivity contribution >= 4 is 23.2 Å². The van der Waals surface area contributed by atoms with Gasteiger partial charge in [-0.1, -0.05) is 18.2 Å². The molecule has 0 heterocycles. The quantitative estimate of drug-likeness (QED) is 0.726.